The maximum absolute atomic E-state index is 14.4. The Labute approximate surface area is 155 Å². The normalized spacial score (nSPS) is 25.9. The van der Waals surface area contributed by atoms with E-state index in [-0.39, 0.29) is 15.7 Å². The molecule has 160 valence electrons. The molecule has 1 aromatic rings. The number of halogens is 11. The van der Waals surface area contributed by atoms with Gasteiger partial charge in [-0.15, -0.1) is 10.2 Å². The molecule has 28 heavy (non-hydrogen) atoms. The molecule has 0 aromatic carbocycles. The summed E-state index contributed by atoms with van der Waals surface area (Å²) in [6.07, 6.45) is 0. The Bertz CT molecular complexity index is 752. The van der Waals surface area contributed by atoms with Crippen LogP contribution in [0.15, 0.2) is 4.34 Å². The second-order valence-corrected chi connectivity index (χ2v) is 7.78. The van der Waals surface area contributed by atoms with Crippen LogP contribution in [0.2, 0.25) is 0 Å². The Balaban J connectivity index is 2.59. The Kier molecular flexibility index (Phi) is 5.15. The van der Waals surface area contributed by atoms with Crippen LogP contribution in [0.5, 0.6) is 0 Å². The van der Waals surface area contributed by atoms with E-state index in [1.54, 1.807) is 6.92 Å². The van der Waals surface area contributed by atoms with Crippen molar-refractivity contribution in [3.05, 3.63) is 0 Å². The molecule has 1 saturated carbocycles. The number of thioether (sulfide) groups is 1. The molecular weight excluding hydrogens is 463 g/mol. The molecule has 4 nitrogen and oxygen atoms in total. The highest BCUT2D eigenvalue weighted by Crippen LogP contribution is 2.69. The van der Waals surface area contributed by atoms with Crippen molar-refractivity contribution in [3.63, 3.8) is 0 Å². The number of amides is 1. The molecule has 0 spiro atoms. The Hall–Kier alpha value is -1.39. The van der Waals surface area contributed by atoms with Gasteiger partial charge in [0, 0.05) is 0 Å². The van der Waals surface area contributed by atoms with E-state index in [1.165, 1.54) is 0 Å². The number of rotatable bonds is 4. The van der Waals surface area contributed by atoms with Crippen LogP contribution in [-0.4, -0.2) is 57.1 Å². The van der Waals surface area contributed by atoms with Gasteiger partial charge in [0.25, 0.3) is 5.91 Å². The number of carbonyl (C=O) groups is 1. The van der Waals surface area contributed by atoms with Crippen molar-refractivity contribution in [1.29, 1.82) is 0 Å². The molecule has 17 heteroatoms. The van der Waals surface area contributed by atoms with Gasteiger partial charge in [0.05, 0.1) is 0 Å². The summed E-state index contributed by atoms with van der Waals surface area (Å²) in [5.41, 5.74) is -6.75. The second-order valence-electron chi connectivity index (χ2n) is 5.29. The summed E-state index contributed by atoms with van der Waals surface area (Å²) in [6.45, 7) is 1.59. The van der Waals surface area contributed by atoms with Crippen LogP contribution in [0.1, 0.15) is 6.92 Å². The molecule has 2 rings (SSSR count). The summed E-state index contributed by atoms with van der Waals surface area (Å²) >= 11 is 1.20. The molecule has 0 saturated heterocycles. The van der Waals surface area contributed by atoms with Gasteiger partial charge in [0.1, 0.15) is 0 Å². The fourth-order valence-corrected chi connectivity index (χ4v) is 3.78. The predicted octanol–water partition coefficient (Wildman–Crippen LogP) is 4.49. The maximum Gasteiger partial charge on any atom is 0.384 e. The van der Waals surface area contributed by atoms with Crippen molar-refractivity contribution >= 4 is 34.1 Å². The predicted molar refractivity (Wildman–Crippen MR) is 73.5 cm³/mol. The van der Waals surface area contributed by atoms with Gasteiger partial charge >= 0.3 is 35.3 Å². The average molecular weight is 469 g/mol. The Morgan fingerprint density at radius 2 is 1.29 bits per heavy atom. The summed E-state index contributed by atoms with van der Waals surface area (Å²) in [5.74, 6) is -39.6. The fraction of sp³-hybridized carbons (Fsp3) is 0.727. The molecule has 0 bridgehead atoms. The lowest BCUT2D eigenvalue weighted by molar-refractivity contribution is -0.475. The van der Waals surface area contributed by atoms with E-state index in [0.29, 0.717) is 5.75 Å². The van der Waals surface area contributed by atoms with E-state index in [9.17, 15) is 53.1 Å². The minimum atomic E-state index is -7.38. The van der Waals surface area contributed by atoms with Gasteiger partial charge in [-0.25, -0.2) is 4.39 Å². The number of alkyl halides is 11. The van der Waals surface area contributed by atoms with Crippen LogP contribution in [-0.2, 0) is 4.79 Å². The molecule has 1 aliphatic rings. The number of hydrogen-bond acceptors (Lipinski definition) is 5. The van der Waals surface area contributed by atoms with Gasteiger partial charge in [-0.05, 0) is 5.75 Å². The largest absolute Gasteiger partial charge is 0.384 e. The van der Waals surface area contributed by atoms with Gasteiger partial charge in [0.15, 0.2) is 4.34 Å². The van der Waals surface area contributed by atoms with E-state index in [2.05, 4.69) is 10.2 Å². The monoisotopic (exact) mass is 469 g/mol. The summed E-state index contributed by atoms with van der Waals surface area (Å²) in [5, 5.41) is 6.22. The smallest absolute Gasteiger partial charge is 0.297 e. The van der Waals surface area contributed by atoms with Crippen molar-refractivity contribution in [3.8, 4) is 0 Å². The lowest BCUT2D eigenvalue weighted by Gasteiger charge is -2.51. The third kappa shape index (κ3) is 2.46. The van der Waals surface area contributed by atoms with Crippen molar-refractivity contribution in [2.45, 2.75) is 46.5 Å². The first kappa shape index (κ1) is 22.9. The first-order valence-corrected chi connectivity index (χ1v) is 8.59. The van der Waals surface area contributed by atoms with Crippen LogP contribution in [0.4, 0.5) is 53.4 Å². The zero-order valence-electron chi connectivity index (χ0n) is 13.0. The van der Waals surface area contributed by atoms with E-state index >= 15 is 0 Å². The van der Waals surface area contributed by atoms with Gasteiger partial charge in [-0.1, -0.05) is 30.0 Å². The molecule has 1 N–H and O–H groups in total. The number of nitrogens with one attached hydrogen (secondary N) is 1. The molecule has 0 aliphatic heterocycles. The quantitative estimate of drug-likeness (QED) is 0.401. The zero-order valence-corrected chi connectivity index (χ0v) is 14.6. The summed E-state index contributed by atoms with van der Waals surface area (Å²) in [6, 6.07) is 0. The van der Waals surface area contributed by atoms with Crippen LogP contribution in [0.3, 0.4) is 0 Å². The number of carbonyl (C=O) groups excluding carboxylic acids is 1. The number of hydrogen-bond donors (Lipinski definition) is 1. The number of aromatic nitrogens is 2. The average Bonchev–Trinajstić information content (AvgIpc) is 2.99. The van der Waals surface area contributed by atoms with Crippen LogP contribution >= 0.6 is 23.1 Å². The number of anilines is 1. The van der Waals surface area contributed by atoms with Crippen molar-refractivity contribution in [2.24, 2.45) is 0 Å². The van der Waals surface area contributed by atoms with E-state index in [4.69, 9.17) is 0 Å². The molecule has 1 heterocycles. The van der Waals surface area contributed by atoms with Crippen molar-refractivity contribution in [1.82, 2.24) is 10.2 Å². The minimum Gasteiger partial charge on any atom is -0.297 e. The third-order valence-electron chi connectivity index (χ3n) is 3.65. The number of nitrogens with zero attached hydrogens (tertiary/aromatic N) is 2. The van der Waals surface area contributed by atoms with Gasteiger partial charge < -0.3 is 0 Å². The summed E-state index contributed by atoms with van der Waals surface area (Å²) in [4.78, 5) is 11.6. The highest BCUT2D eigenvalue weighted by Gasteiger charge is 3.02. The SMILES string of the molecule is CCSc1nnc(NC(=O)C2(F)C(F)(F)C(F)(F)C(F)(F)C(F)(F)C2(F)F)s1. The second kappa shape index (κ2) is 6.30. The molecule has 0 unspecified atom stereocenters. The maximum atomic E-state index is 14.4. The molecule has 1 aliphatic carbocycles. The first-order chi connectivity index (χ1) is 12.4. The van der Waals surface area contributed by atoms with Gasteiger partial charge in [0.2, 0.25) is 5.13 Å². The van der Waals surface area contributed by atoms with E-state index in [1.807, 2.05) is 0 Å². The summed E-state index contributed by atoms with van der Waals surface area (Å²) < 4.78 is 149. The van der Waals surface area contributed by atoms with E-state index in [0.717, 1.165) is 17.1 Å². The van der Waals surface area contributed by atoms with Crippen LogP contribution in [0, 0.1) is 0 Å². The van der Waals surface area contributed by atoms with Gasteiger partial charge in [-0.2, -0.15) is 43.9 Å². The standard InChI is InChI=1S/C11H6F11N3OS2/c1-2-27-5-25-24-4(28-5)23-3(26)6(12)7(13,14)9(17,18)11(21,22)10(19,20)8(6,15)16/h2H2,1H3,(H,23,24,26). The Morgan fingerprint density at radius 1 is 0.857 bits per heavy atom. The van der Waals surface area contributed by atoms with Crippen LogP contribution in [0.25, 0.3) is 0 Å². The topological polar surface area (TPSA) is 54.9 Å². The van der Waals surface area contributed by atoms with Crippen molar-refractivity contribution in [2.75, 3.05) is 11.1 Å². The third-order valence-corrected chi connectivity index (χ3v) is 5.50. The van der Waals surface area contributed by atoms with Crippen LogP contribution < -0.4 is 5.32 Å². The molecule has 0 atom stereocenters. The lowest BCUT2D eigenvalue weighted by atomic mass is 9.71. The highest BCUT2D eigenvalue weighted by atomic mass is 32.2. The molecule has 1 fully saturated rings. The van der Waals surface area contributed by atoms with Gasteiger partial charge in [-0.3, -0.25) is 10.1 Å². The molecular formula is C11H6F11N3OS2. The van der Waals surface area contributed by atoms with Crippen molar-refractivity contribution < 1.29 is 53.1 Å². The zero-order chi connectivity index (χ0) is 22.0. The molecule has 1 amide bonds. The van der Waals surface area contributed by atoms with E-state index < -0.39 is 46.3 Å². The Morgan fingerprint density at radius 3 is 1.71 bits per heavy atom. The molecule has 1 aromatic heterocycles. The first-order valence-electron chi connectivity index (χ1n) is 6.79. The summed E-state index contributed by atoms with van der Waals surface area (Å²) in [7, 11) is 0. The highest BCUT2D eigenvalue weighted by molar-refractivity contribution is 8.01. The molecule has 0 radical (unpaired) electrons. The lowest BCUT2D eigenvalue weighted by Crippen LogP contribution is -2.86. The fourth-order valence-electron chi connectivity index (χ4n) is 2.13. The minimum absolute atomic E-state index is 0.0185.